The third-order valence-electron chi connectivity index (χ3n) is 2.40. The molecule has 1 N–H and O–H groups in total. The van der Waals surface area contributed by atoms with Crippen LogP contribution in [0.2, 0.25) is 0 Å². The average molecular weight is 240 g/mol. The SMILES string of the molecule is CCCCCC(=O)Nc1ccc(CCl)cc1. The lowest BCUT2D eigenvalue weighted by Crippen LogP contribution is -2.10. The summed E-state index contributed by atoms with van der Waals surface area (Å²) in [6.45, 7) is 2.13. The van der Waals surface area contributed by atoms with E-state index in [-0.39, 0.29) is 5.91 Å². The van der Waals surface area contributed by atoms with Crippen LogP contribution in [0.3, 0.4) is 0 Å². The van der Waals surface area contributed by atoms with Gasteiger partial charge >= 0.3 is 0 Å². The first-order valence-electron chi connectivity index (χ1n) is 5.71. The van der Waals surface area contributed by atoms with E-state index in [1.165, 1.54) is 0 Å². The highest BCUT2D eigenvalue weighted by molar-refractivity contribution is 6.17. The van der Waals surface area contributed by atoms with Gasteiger partial charge in [0.2, 0.25) is 5.91 Å². The van der Waals surface area contributed by atoms with E-state index in [1.54, 1.807) is 0 Å². The second kappa shape index (κ2) is 7.29. The summed E-state index contributed by atoms with van der Waals surface area (Å²) in [5, 5.41) is 2.87. The highest BCUT2D eigenvalue weighted by atomic mass is 35.5. The Morgan fingerprint density at radius 1 is 1.25 bits per heavy atom. The number of rotatable bonds is 6. The normalized spacial score (nSPS) is 10.1. The summed E-state index contributed by atoms with van der Waals surface area (Å²) >= 11 is 5.68. The van der Waals surface area contributed by atoms with E-state index in [4.69, 9.17) is 11.6 Å². The van der Waals surface area contributed by atoms with Crippen LogP contribution in [-0.4, -0.2) is 5.91 Å². The summed E-state index contributed by atoms with van der Waals surface area (Å²) < 4.78 is 0. The summed E-state index contributed by atoms with van der Waals surface area (Å²) in [6, 6.07) is 7.62. The maximum atomic E-state index is 11.5. The lowest BCUT2D eigenvalue weighted by Gasteiger charge is -2.05. The molecule has 0 saturated carbocycles. The molecule has 0 aliphatic carbocycles. The van der Waals surface area contributed by atoms with Crippen molar-refractivity contribution in [2.75, 3.05) is 5.32 Å². The molecular formula is C13H18ClNO. The Labute approximate surface area is 102 Å². The van der Waals surface area contributed by atoms with Gasteiger partial charge in [0.1, 0.15) is 0 Å². The summed E-state index contributed by atoms with van der Waals surface area (Å²) in [6.07, 6.45) is 3.81. The molecule has 0 heterocycles. The van der Waals surface area contributed by atoms with Gasteiger partial charge in [0.25, 0.3) is 0 Å². The highest BCUT2D eigenvalue weighted by Gasteiger charge is 2.01. The van der Waals surface area contributed by atoms with Crippen molar-refractivity contribution in [1.82, 2.24) is 0 Å². The van der Waals surface area contributed by atoms with E-state index >= 15 is 0 Å². The van der Waals surface area contributed by atoms with Gasteiger partial charge in [-0.05, 0) is 24.1 Å². The third kappa shape index (κ3) is 4.67. The Morgan fingerprint density at radius 2 is 1.94 bits per heavy atom. The number of carbonyl (C=O) groups excluding carboxylic acids is 1. The lowest BCUT2D eigenvalue weighted by molar-refractivity contribution is -0.116. The molecular weight excluding hydrogens is 222 g/mol. The maximum absolute atomic E-state index is 11.5. The van der Waals surface area contributed by atoms with Crippen LogP contribution in [0.5, 0.6) is 0 Å². The Hall–Kier alpha value is -1.02. The van der Waals surface area contributed by atoms with Crippen molar-refractivity contribution in [1.29, 1.82) is 0 Å². The first-order valence-corrected chi connectivity index (χ1v) is 6.24. The number of amides is 1. The van der Waals surface area contributed by atoms with Crippen LogP contribution in [0.4, 0.5) is 5.69 Å². The van der Waals surface area contributed by atoms with Gasteiger partial charge in [0.15, 0.2) is 0 Å². The van der Waals surface area contributed by atoms with Crippen LogP contribution in [0.15, 0.2) is 24.3 Å². The van der Waals surface area contributed by atoms with Crippen LogP contribution in [-0.2, 0) is 10.7 Å². The predicted molar refractivity (Wildman–Crippen MR) is 68.8 cm³/mol. The number of carbonyl (C=O) groups is 1. The van der Waals surface area contributed by atoms with Crippen molar-refractivity contribution < 1.29 is 4.79 Å². The van der Waals surface area contributed by atoms with Crippen molar-refractivity contribution >= 4 is 23.2 Å². The molecule has 88 valence electrons. The lowest BCUT2D eigenvalue weighted by atomic mass is 10.2. The number of hydrogen-bond acceptors (Lipinski definition) is 1. The molecule has 0 radical (unpaired) electrons. The molecule has 0 aliphatic heterocycles. The molecule has 1 aromatic carbocycles. The Kier molecular flexibility index (Phi) is 5.94. The average Bonchev–Trinajstić information content (AvgIpc) is 2.30. The molecule has 1 amide bonds. The minimum atomic E-state index is 0.0899. The summed E-state index contributed by atoms with van der Waals surface area (Å²) in [7, 11) is 0. The zero-order valence-corrected chi connectivity index (χ0v) is 10.4. The predicted octanol–water partition coefficient (Wildman–Crippen LogP) is 3.94. The molecule has 1 aromatic rings. The zero-order chi connectivity index (χ0) is 11.8. The molecule has 16 heavy (non-hydrogen) atoms. The third-order valence-corrected chi connectivity index (χ3v) is 2.71. The molecule has 3 heteroatoms. The molecule has 0 atom stereocenters. The van der Waals surface area contributed by atoms with Gasteiger partial charge < -0.3 is 5.32 Å². The van der Waals surface area contributed by atoms with Gasteiger partial charge in [-0.1, -0.05) is 31.9 Å². The van der Waals surface area contributed by atoms with Crippen LogP contribution in [0, 0.1) is 0 Å². The first-order chi connectivity index (χ1) is 7.76. The Bertz CT molecular complexity index is 321. The number of unbranched alkanes of at least 4 members (excludes halogenated alkanes) is 2. The smallest absolute Gasteiger partial charge is 0.224 e. The van der Waals surface area contributed by atoms with E-state index in [2.05, 4.69) is 12.2 Å². The number of halogens is 1. The Balaban J connectivity index is 2.37. The minimum Gasteiger partial charge on any atom is -0.326 e. The molecule has 0 bridgehead atoms. The van der Waals surface area contributed by atoms with Crippen LogP contribution >= 0.6 is 11.6 Å². The molecule has 0 aromatic heterocycles. The van der Waals surface area contributed by atoms with Crippen molar-refractivity contribution in [2.45, 2.75) is 38.5 Å². The standard InChI is InChI=1S/C13H18ClNO/c1-2-3-4-5-13(16)15-12-8-6-11(10-14)7-9-12/h6-9H,2-5,10H2,1H3,(H,15,16). The minimum absolute atomic E-state index is 0.0899. The van der Waals surface area contributed by atoms with Gasteiger partial charge in [-0.25, -0.2) is 0 Å². The van der Waals surface area contributed by atoms with Crippen LogP contribution < -0.4 is 5.32 Å². The van der Waals surface area contributed by atoms with E-state index in [0.717, 1.165) is 30.5 Å². The van der Waals surface area contributed by atoms with Crippen molar-refractivity contribution in [3.63, 3.8) is 0 Å². The van der Waals surface area contributed by atoms with Crippen LogP contribution in [0.25, 0.3) is 0 Å². The Morgan fingerprint density at radius 3 is 2.50 bits per heavy atom. The van der Waals surface area contributed by atoms with E-state index in [0.29, 0.717) is 12.3 Å². The highest BCUT2D eigenvalue weighted by Crippen LogP contribution is 2.12. The molecule has 0 spiro atoms. The largest absolute Gasteiger partial charge is 0.326 e. The van der Waals surface area contributed by atoms with E-state index in [9.17, 15) is 4.79 Å². The number of alkyl halides is 1. The van der Waals surface area contributed by atoms with Crippen molar-refractivity contribution in [3.8, 4) is 0 Å². The van der Waals surface area contributed by atoms with Gasteiger partial charge in [-0.3, -0.25) is 4.79 Å². The first kappa shape index (κ1) is 13.0. The number of nitrogens with one attached hydrogen (secondary N) is 1. The second-order valence-electron chi connectivity index (χ2n) is 3.84. The molecule has 0 saturated heterocycles. The second-order valence-corrected chi connectivity index (χ2v) is 4.10. The summed E-state index contributed by atoms with van der Waals surface area (Å²) in [5.74, 6) is 0.595. The van der Waals surface area contributed by atoms with Gasteiger partial charge in [0, 0.05) is 18.0 Å². The maximum Gasteiger partial charge on any atom is 0.224 e. The molecule has 1 rings (SSSR count). The topological polar surface area (TPSA) is 29.1 Å². The summed E-state index contributed by atoms with van der Waals surface area (Å²) in [5.41, 5.74) is 1.90. The van der Waals surface area contributed by atoms with Gasteiger partial charge in [-0.2, -0.15) is 0 Å². The summed E-state index contributed by atoms with van der Waals surface area (Å²) in [4.78, 5) is 11.5. The molecule has 0 aliphatic rings. The molecule has 0 fully saturated rings. The number of anilines is 1. The number of benzene rings is 1. The van der Waals surface area contributed by atoms with Crippen molar-refractivity contribution in [3.05, 3.63) is 29.8 Å². The fourth-order valence-corrected chi connectivity index (χ4v) is 1.61. The zero-order valence-electron chi connectivity index (χ0n) is 9.63. The molecule has 0 unspecified atom stereocenters. The van der Waals surface area contributed by atoms with Crippen LogP contribution in [0.1, 0.15) is 38.2 Å². The monoisotopic (exact) mass is 239 g/mol. The quantitative estimate of drug-likeness (QED) is 0.591. The van der Waals surface area contributed by atoms with E-state index in [1.807, 2.05) is 24.3 Å². The van der Waals surface area contributed by atoms with E-state index < -0.39 is 0 Å². The fourth-order valence-electron chi connectivity index (χ4n) is 1.44. The number of hydrogen-bond donors (Lipinski definition) is 1. The molecule has 2 nitrogen and oxygen atoms in total. The van der Waals surface area contributed by atoms with Gasteiger partial charge in [0.05, 0.1) is 0 Å². The fraction of sp³-hybridized carbons (Fsp3) is 0.462. The van der Waals surface area contributed by atoms with Gasteiger partial charge in [-0.15, -0.1) is 11.6 Å². The van der Waals surface area contributed by atoms with Crippen molar-refractivity contribution in [2.24, 2.45) is 0 Å².